The van der Waals surface area contributed by atoms with E-state index < -0.39 is 10.0 Å². The van der Waals surface area contributed by atoms with Gasteiger partial charge in [0.2, 0.25) is 0 Å². The second kappa shape index (κ2) is 5.55. The van der Waals surface area contributed by atoms with Crippen molar-refractivity contribution in [2.24, 2.45) is 5.73 Å². The van der Waals surface area contributed by atoms with E-state index in [0.29, 0.717) is 21.6 Å². The fourth-order valence-corrected chi connectivity index (χ4v) is 3.91. The van der Waals surface area contributed by atoms with Gasteiger partial charge in [-0.15, -0.1) is 0 Å². The molecule has 0 aromatic carbocycles. The number of pyridine rings is 1. The number of hydrogen-bond donors (Lipinski definition) is 2. The largest absolute Gasteiger partial charge is 0.465 e. The van der Waals surface area contributed by atoms with Crippen LogP contribution in [-0.2, 0) is 16.6 Å². The van der Waals surface area contributed by atoms with Crippen LogP contribution in [-0.4, -0.2) is 13.4 Å². The molecule has 0 aliphatic rings. The number of halogens is 1. The van der Waals surface area contributed by atoms with Crippen molar-refractivity contribution in [3.8, 4) is 0 Å². The van der Waals surface area contributed by atoms with Gasteiger partial charge in [-0.3, -0.25) is 4.72 Å². The molecule has 0 bridgehead atoms. The van der Waals surface area contributed by atoms with E-state index in [9.17, 15) is 8.42 Å². The number of furan rings is 1. The number of nitrogens with zero attached hydrogens (tertiary/aromatic N) is 1. The molecule has 0 spiro atoms. The Kier molecular flexibility index (Phi) is 4.17. The van der Waals surface area contributed by atoms with Crippen molar-refractivity contribution in [3.05, 3.63) is 39.9 Å². The molecule has 6 nitrogen and oxygen atoms in total. The van der Waals surface area contributed by atoms with Crippen LogP contribution in [0.3, 0.4) is 0 Å². The van der Waals surface area contributed by atoms with Gasteiger partial charge in [-0.2, -0.15) is 0 Å². The van der Waals surface area contributed by atoms with E-state index in [1.54, 1.807) is 26.0 Å². The first kappa shape index (κ1) is 15.0. The van der Waals surface area contributed by atoms with Crippen LogP contribution in [0.1, 0.15) is 17.1 Å². The zero-order chi connectivity index (χ0) is 14.9. The molecule has 2 heterocycles. The zero-order valence-electron chi connectivity index (χ0n) is 11.0. The van der Waals surface area contributed by atoms with Gasteiger partial charge in [-0.05, 0) is 41.9 Å². The van der Waals surface area contributed by atoms with E-state index in [4.69, 9.17) is 10.2 Å². The van der Waals surface area contributed by atoms with Gasteiger partial charge in [0.05, 0.1) is 4.47 Å². The van der Waals surface area contributed by atoms with Crippen molar-refractivity contribution in [1.82, 2.24) is 4.98 Å². The van der Waals surface area contributed by atoms with E-state index >= 15 is 0 Å². The van der Waals surface area contributed by atoms with Crippen molar-refractivity contribution in [1.29, 1.82) is 0 Å². The van der Waals surface area contributed by atoms with Crippen molar-refractivity contribution in [3.63, 3.8) is 0 Å². The monoisotopic (exact) mass is 359 g/mol. The average molecular weight is 360 g/mol. The standard InChI is InChI=1S/C12H14BrN3O3S/c1-7-9(6-14)11(8(2)19-7)20(17,18)16-12-10(13)4-3-5-15-12/h3-5H,6,14H2,1-2H3,(H,15,16). The van der Waals surface area contributed by atoms with Crippen LogP contribution in [0, 0.1) is 13.8 Å². The van der Waals surface area contributed by atoms with Gasteiger partial charge < -0.3 is 10.2 Å². The Bertz CT molecular complexity index is 740. The predicted molar refractivity (Wildman–Crippen MR) is 78.8 cm³/mol. The Labute approximate surface area is 125 Å². The predicted octanol–water partition coefficient (Wildman–Crippen LogP) is 2.31. The molecule has 2 aromatic rings. The van der Waals surface area contributed by atoms with Crippen molar-refractivity contribution < 1.29 is 12.8 Å². The summed E-state index contributed by atoms with van der Waals surface area (Å²) < 4.78 is 33.3. The molecule has 2 aromatic heterocycles. The molecule has 0 aliphatic heterocycles. The van der Waals surface area contributed by atoms with Crippen LogP contribution < -0.4 is 10.5 Å². The molecule has 0 saturated heterocycles. The lowest BCUT2D eigenvalue weighted by Gasteiger charge is -2.09. The molecule has 0 aliphatic carbocycles. The molecule has 0 fully saturated rings. The molecule has 8 heteroatoms. The highest BCUT2D eigenvalue weighted by molar-refractivity contribution is 9.10. The highest BCUT2D eigenvalue weighted by Gasteiger charge is 2.27. The number of nitrogens with two attached hydrogens (primary N) is 1. The zero-order valence-corrected chi connectivity index (χ0v) is 13.4. The van der Waals surface area contributed by atoms with Crippen molar-refractivity contribution in [2.75, 3.05) is 4.72 Å². The highest BCUT2D eigenvalue weighted by atomic mass is 79.9. The summed E-state index contributed by atoms with van der Waals surface area (Å²) in [6.07, 6.45) is 1.50. The molecule has 0 atom stereocenters. The molecule has 2 rings (SSSR count). The van der Waals surface area contributed by atoms with E-state index in [1.807, 2.05) is 0 Å². The second-order valence-corrected chi connectivity index (χ2v) is 6.64. The number of nitrogens with one attached hydrogen (secondary N) is 1. The first-order chi connectivity index (χ1) is 9.36. The minimum Gasteiger partial charge on any atom is -0.465 e. The number of hydrogen-bond acceptors (Lipinski definition) is 5. The van der Waals surface area contributed by atoms with E-state index in [0.717, 1.165) is 0 Å². The second-order valence-electron chi connectivity index (χ2n) is 4.17. The average Bonchev–Trinajstić information content (AvgIpc) is 2.67. The molecule has 0 amide bonds. The SMILES string of the molecule is Cc1oc(C)c(S(=O)(=O)Nc2ncccc2Br)c1CN. The third-order valence-corrected chi connectivity index (χ3v) is 4.96. The van der Waals surface area contributed by atoms with Crippen molar-refractivity contribution >= 4 is 31.8 Å². The van der Waals surface area contributed by atoms with Crippen LogP contribution in [0.5, 0.6) is 0 Å². The molecule has 108 valence electrons. The lowest BCUT2D eigenvalue weighted by Crippen LogP contribution is -2.17. The normalized spacial score (nSPS) is 11.6. The van der Waals surface area contributed by atoms with Gasteiger partial charge in [0.15, 0.2) is 5.82 Å². The maximum absolute atomic E-state index is 12.5. The maximum Gasteiger partial charge on any atom is 0.266 e. The topological polar surface area (TPSA) is 98.2 Å². The van der Waals surface area contributed by atoms with Crippen LogP contribution in [0.25, 0.3) is 0 Å². The molecule has 0 unspecified atom stereocenters. The van der Waals surface area contributed by atoms with Gasteiger partial charge in [0.1, 0.15) is 16.4 Å². The van der Waals surface area contributed by atoms with Crippen LogP contribution in [0.2, 0.25) is 0 Å². The van der Waals surface area contributed by atoms with Crippen LogP contribution in [0.15, 0.2) is 32.1 Å². The maximum atomic E-state index is 12.5. The summed E-state index contributed by atoms with van der Waals surface area (Å²) in [4.78, 5) is 4.06. The van der Waals surface area contributed by atoms with Gasteiger partial charge in [-0.25, -0.2) is 13.4 Å². The fraction of sp³-hybridized carbons (Fsp3) is 0.250. The summed E-state index contributed by atoms with van der Waals surface area (Å²) in [5, 5.41) is 0. The quantitative estimate of drug-likeness (QED) is 0.872. The number of rotatable bonds is 4. The molecule has 3 N–H and O–H groups in total. The van der Waals surface area contributed by atoms with Crippen molar-refractivity contribution in [2.45, 2.75) is 25.3 Å². The summed E-state index contributed by atoms with van der Waals surface area (Å²) in [5.74, 6) is 1.03. The molecular weight excluding hydrogens is 346 g/mol. The number of anilines is 1. The number of sulfonamides is 1. The number of aryl methyl sites for hydroxylation is 2. The molecule has 0 radical (unpaired) electrons. The summed E-state index contributed by atoms with van der Waals surface area (Å²) in [6, 6.07) is 3.39. The third kappa shape index (κ3) is 2.72. The smallest absolute Gasteiger partial charge is 0.266 e. The minimum absolute atomic E-state index is 0.0788. The lowest BCUT2D eigenvalue weighted by molar-refractivity contribution is 0.494. The first-order valence-electron chi connectivity index (χ1n) is 5.79. The van der Waals surface area contributed by atoms with Gasteiger partial charge in [-0.1, -0.05) is 0 Å². The summed E-state index contributed by atoms with van der Waals surface area (Å²) in [5.41, 5.74) is 6.08. The Morgan fingerprint density at radius 1 is 1.40 bits per heavy atom. The van der Waals surface area contributed by atoms with Crippen LogP contribution >= 0.6 is 15.9 Å². The summed E-state index contributed by atoms with van der Waals surface area (Å²) in [6.45, 7) is 3.36. The minimum atomic E-state index is -3.80. The van der Waals surface area contributed by atoms with Gasteiger partial charge >= 0.3 is 0 Å². The molecule has 20 heavy (non-hydrogen) atoms. The Hall–Kier alpha value is -1.38. The number of aromatic nitrogens is 1. The summed E-state index contributed by atoms with van der Waals surface area (Å²) >= 11 is 3.24. The molecule has 0 saturated carbocycles. The third-order valence-electron chi connectivity index (χ3n) is 2.79. The Morgan fingerprint density at radius 2 is 2.10 bits per heavy atom. The van der Waals surface area contributed by atoms with E-state index in [-0.39, 0.29) is 17.3 Å². The van der Waals surface area contributed by atoms with E-state index in [2.05, 4.69) is 25.6 Å². The summed E-state index contributed by atoms with van der Waals surface area (Å²) in [7, 11) is -3.80. The van der Waals surface area contributed by atoms with Gasteiger partial charge in [0.25, 0.3) is 10.0 Å². The van der Waals surface area contributed by atoms with E-state index in [1.165, 1.54) is 6.20 Å². The van der Waals surface area contributed by atoms with Gasteiger partial charge in [0, 0.05) is 18.3 Å². The van der Waals surface area contributed by atoms with Crippen LogP contribution in [0.4, 0.5) is 5.82 Å². The lowest BCUT2D eigenvalue weighted by atomic mass is 10.2. The Balaban J connectivity index is 2.49. The highest BCUT2D eigenvalue weighted by Crippen LogP contribution is 2.29. The first-order valence-corrected chi connectivity index (χ1v) is 8.06. The molecular formula is C12H14BrN3O3S. The fourth-order valence-electron chi connectivity index (χ4n) is 1.94. The Morgan fingerprint density at radius 3 is 2.70 bits per heavy atom.